The van der Waals surface area contributed by atoms with Crippen molar-refractivity contribution in [3.63, 3.8) is 0 Å². The molecule has 0 radical (unpaired) electrons. The van der Waals surface area contributed by atoms with Crippen molar-refractivity contribution < 1.29 is 28.5 Å². The maximum atomic E-state index is 14.6. The monoisotopic (exact) mass is 601 g/mol. The van der Waals surface area contributed by atoms with Crippen molar-refractivity contribution >= 4 is 11.8 Å². The van der Waals surface area contributed by atoms with Crippen molar-refractivity contribution in [3.05, 3.63) is 83.9 Å². The van der Waals surface area contributed by atoms with Gasteiger partial charge in [-0.15, -0.1) is 0 Å². The van der Waals surface area contributed by atoms with E-state index in [1.165, 1.54) is 0 Å². The number of benzene rings is 3. The summed E-state index contributed by atoms with van der Waals surface area (Å²) in [5, 5.41) is 3.40. The van der Waals surface area contributed by atoms with Crippen molar-refractivity contribution in [1.29, 1.82) is 0 Å². The zero-order valence-electron chi connectivity index (χ0n) is 25.6. The predicted molar refractivity (Wildman–Crippen MR) is 168 cm³/mol. The summed E-state index contributed by atoms with van der Waals surface area (Å²) in [7, 11) is 3.30. The predicted octanol–water partition coefficient (Wildman–Crippen LogP) is 4.14. The van der Waals surface area contributed by atoms with E-state index in [4.69, 9.17) is 24.7 Å². The standard InChI is InChI=1S/C35H43N3O6/c1-41-14-7-15-43-30-17-24(16-29(19-30)42-2)22-38(28-12-13-28)35(40)31-20-37-21-32(44-23-33(36)39)34(31)27-11-6-10-26(18-27)25-8-4-3-5-9-25/h3-6,8-11,16-19,28,31-32,34,37H,7,12-15,20-23H2,1-2H3,(H2,36,39)/t31-,32+,34+/m0/s1. The molecule has 2 amide bonds. The molecule has 1 aliphatic heterocycles. The van der Waals surface area contributed by atoms with Gasteiger partial charge in [0.15, 0.2) is 0 Å². The first-order valence-electron chi connectivity index (χ1n) is 15.3. The van der Waals surface area contributed by atoms with Crippen LogP contribution in [0.15, 0.2) is 72.8 Å². The van der Waals surface area contributed by atoms with Gasteiger partial charge in [-0.25, -0.2) is 0 Å². The average molecular weight is 602 g/mol. The summed E-state index contributed by atoms with van der Waals surface area (Å²) < 4.78 is 22.7. The van der Waals surface area contributed by atoms with Crippen LogP contribution in [0.4, 0.5) is 0 Å². The topological polar surface area (TPSA) is 112 Å². The van der Waals surface area contributed by atoms with Crippen LogP contribution < -0.4 is 20.5 Å². The number of methoxy groups -OCH3 is 2. The maximum absolute atomic E-state index is 14.6. The normalized spacial score (nSPS) is 19.7. The zero-order chi connectivity index (χ0) is 30.9. The van der Waals surface area contributed by atoms with E-state index < -0.39 is 17.9 Å². The summed E-state index contributed by atoms with van der Waals surface area (Å²) >= 11 is 0. The lowest BCUT2D eigenvalue weighted by molar-refractivity contribution is -0.141. The van der Waals surface area contributed by atoms with Gasteiger partial charge in [0.2, 0.25) is 11.8 Å². The molecule has 1 aliphatic carbocycles. The molecule has 2 fully saturated rings. The van der Waals surface area contributed by atoms with Crippen LogP contribution >= 0.6 is 0 Å². The van der Waals surface area contributed by atoms with Crippen LogP contribution in [0.3, 0.4) is 0 Å². The number of ether oxygens (including phenoxy) is 4. The number of amides is 2. The summed E-state index contributed by atoms with van der Waals surface area (Å²) in [6.07, 6.45) is 2.30. The molecule has 5 rings (SSSR count). The molecule has 3 N–H and O–H groups in total. The van der Waals surface area contributed by atoms with Gasteiger partial charge in [0.05, 0.1) is 25.7 Å². The number of nitrogens with zero attached hydrogens (tertiary/aromatic N) is 1. The molecule has 9 nitrogen and oxygen atoms in total. The number of rotatable bonds is 15. The third kappa shape index (κ3) is 8.16. The van der Waals surface area contributed by atoms with Gasteiger partial charge in [0.1, 0.15) is 18.1 Å². The molecule has 3 atom stereocenters. The van der Waals surface area contributed by atoms with Crippen LogP contribution in [-0.4, -0.2) is 76.0 Å². The summed E-state index contributed by atoms with van der Waals surface area (Å²) in [4.78, 5) is 28.3. The second-order valence-corrected chi connectivity index (χ2v) is 11.5. The average Bonchev–Trinajstić information content (AvgIpc) is 3.90. The van der Waals surface area contributed by atoms with E-state index in [1.54, 1.807) is 14.2 Å². The first kappa shape index (κ1) is 31.5. The number of nitrogens with one attached hydrogen (secondary N) is 1. The number of nitrogens with two attached hydrogens (primary N) is 1. The Balaban J connectivity index is 1.43. The summed E-state index contributed by atoms with van der Waals surface area (Å²) in [6.45, 7) is 2.40. The first-order valence-corrected chi connectivity index (χ1v) is 15.3. The highest BCUT2D eigenvalue weighted by Crippen LogP contribution is 2.39. The van der Waals surface area contributed by atoms with Gasteiger partial charge in [0.25, 0.3) is 0 Å². The third-order valence-corrected chi connectivity index (χ3v) is 8.24. The highest BCUT2D eigenvalue weighted by atomic mass is 16.5. The van der Waals surface area contributed by atoms with Crippen molar-refractivity contribution in [2.24, 2.45) is 11.7 Å². The molecule has 0 aromatic heterocycles. The molecule has 234 valence electrons. The number of primary amides is 1. The number of carbonyl (C=O) groups is 2. The van der Waals surface area contributed by atoms with Crippen molar-refractivity contribution in [2.75, 3.05) is 47.1 Å². The van der Waals surface area contributed by atoms with Gasteiger partial charge in [-0.2, -0.15) is 0 Å². The molecule has 0 spiro atoms. The molecule has 3 aromatic carbocycles. The van der Waals surface area contributed by atoms with Crippen molar-refractivity contribution in [3.8, 4) is 22.6 Å². The SMILES string of the molecule is COCCCOc1cc(CN(C(=O)[C@H]2CNC[C@@H](OCC(N)=O)[C@@H]2c2cccc(-c3ccccc3)c2)C2CC2)cc(OC)c1. The fourth-order valence-corrected chi connectivity index (χ4v) is 5.99. The van der Waals surface area contributed by atoms with Gasteiger partial charge in [0, 0.05) is 57.8 Å². The Morgan fingerprint density at radius 1 is 0.909 bits per heavy atom. The van der Waals surface area contributed by atoms with Crippen molar-refractivity contribution in [1.82, 2.24) is 10.2 Å². The van der Waals surface area contributed by atoms with Gasteiger partial charge < -0.3 is 34.9 Å². The molecule has 1 heterocycles. The van der Waals surface area contributed by atoms with Crippen molar-refractivity contribution in [2.45, 2.75) is 43.9 Å². The maximum Gasteiger partial charge on any atom is 0.243 e. The van der Waals surface area contributed by atoms with Crippen LogP contribution in [0.5, 0.6) is 11.5 Å². The molecule has 1 saturated heterocycles. The number of piperidine rings is 1. The Kier molecular flexibility index (Phi) is 10.9. The van der Waals surface area contributed by atoms with Crippen LogP contribution in [0.25, 0.3) is 11.1 Å². The molecule has 2 aliphatic rings. The molecular formula is C35H43N3O6. The highest BCUT2D eigenvalue weighted by molar-refractivity contribution is 5.81. The lowest BCUT2D eigenvalue weighted by Gasteiger charge is -2.40. The fourth-order valence-electron chi connectivity index (χ4n) is 5.99. The second kappa shape index (κ2) is 15.2. The Morgan fingerprint density at radius 2 is 1.68 bits per heavy atom. The lowest BCUT2D eigenvalue weighted by Crippen LogP contribution is -2.53. The summed E-state index contributed by atoms with van der Waals surface area (Å²) in [5.41, 5.74) is 9.57. The van der Waals surface area contributed by atoms with Gasteiger partial charge in [-0.1, -0.05) is 54.6 Å². The quantitative estimate of drug-likeness (QED) is 0.252. The second-order valence-electron chi connectivity index (χ2n) is 11.5. The number of hydrogen-bond donors (Lipinski definition) is 2. The Morgan fingerprint density at radius 3 is 2.41 bits per heavy atom. The Labute approximate surface area is 259 Å². The van der Waals surface area contributed by atoms with E-state index in [-0.39, 0.29) is 24.5 Å². The van der Waals surface area contributed by atoms with Crippen LogP contribution in [-0.2, 0) is 25.6 Å². The zero-order valence-corrected chi connectivity index (χ0v) is 25.6. The number of hydrogen-bond acceptors (Lipinski definition) is 7. The van der Waals surface area contributed by atoms with E-state index in [9.17, 15) is 9.59 Å². The van der Waals surface area contributed by atoms with Crippen LogP contribution in [0, 0.1) is 5.92 Å². The van der Waals surface area contributed by atoms with E-state index in [1.807, 2.05) is 47.4 Å². The molecule has 0 unspecified atom stereocenters. The minimum absolute atomic E-state index is 0.0628. The molecule has 9 heteroatoms. The fraction of sp³-hybridized carbons (Fsp3) is 0.429. The Bertz CT molecular complexity index is 1400. The summed E-state index contributed by atoms with van der Waals surface area (Å²) in [5.74, 6) is 0.249. The minimum atomic E-state index is -0.534. The third-order valence-electron chi connectivity index (χ3n) is 8.24. The molecule has 1 saturated carbocycles. The molecule has 3 aromatic rings. The minimum Gasteiger partial charge on any atom is -0.497 e. The molecule has 44 heavy (non-hydrogen) atoms. The number of carbonyl (C=O) groups excluding carboxylic acids is 2. The largest absolute Gasteiger partial charge is 0.497 e. The van der Waals surface area contributed by atoms with Crippen LogP contribution in [0.2, 0.25) is 0 Å². The Hall–Kier alpha value is -3.92. The van der Waals surface area contributed by atoms with Crippen LogP contribution in [0.1, 0.15) is 36.3 Å². The van der Waals surface area contributed by atoms with E-state index in [0.717, 1.165) is 41.5 Å². The van der Waals surface area contributed by atoms with Gasteiger partial charge in [-0.3, -0.25) is 9.59 Å². The highest BCUT2D eigenvalue weighted by Gasteiger charge is 2.44. The lowest BCUT2D eigenvalue weighted by atomic mass is 9.77. The van der Waals surface area contributed by atoms with E-state index in [0.29, 0.717) is 44.3 Å². The van der Waals surface area contributed by atoms with E-state index in [2.05, 4.69) is 35.6 Å². The molecule has 0 bridgehead atoms. The first-order chi connectivity index (χ1) is 21.5. The van der Waals surface area contributed by atoms with E-state index >= 15 is 0 Å². The van der Waals surface area contributed by atoms with Gasteiger partial charge >= 0.3 is 0 Å². The van der Waals surface area contributed by atoms with Gasteiger partial charge in [-0.05, 0) is 47.2 Å². The smallest absolute Gasteiger partial charge is 0.243 e. The molecular weight excluding hydrogens is 558 g/mol. The summed E-state index contributed by atoms with van der Waals surface area (Å²) in [6, 6.07) is 24.4.